The first kappa shape index (κ1) is 28.0. The molecule has 1 nitrogen and oxygen atoms in total. The third-order valence-electron chi connectivity index (χ3n) is 11.9. The van der Waals surface area contributed by atoms with Gasteiger partial charge in [0, 0.05) is 21.5 Å². The van der Waals surface area contributed by atoms with Crippen LogP contribution >= 0.6 is 0 Å². The van der Waals surface area contributed by atoms with E-state index in [0.29, 0.717) is 0 Å². The summed E-state index contributed by atoms with van der Waals surface area (Å²) in [6.45, 7) is 0. The third-order valence-corrected chi connectivity index (χ3v) is 11.9. The fraction of sp³-hybridized carbons (Fsp3) is 0.0196. The summed E-state index contributed by atoms with van der Waals surface area (Å²) in [5.74, 6) is 0. The molecule has 0 saturated carbocycles. The summed E-state index contributed by atoms with van der Waals surface area (Å²) in [5.41, 5.74) is 13.8. The maximum absolute atomic E-state index is 2.51. The maximum atomic E-state index is 2.51. The molecule has 0 bridgehead atoms. The van der Waals surface area contributed by atoms with E-state index in [0.717, 1.165) is 0 Å². The summed E-state index contributed by atoms with van der Waals surface area (Å²) in [5, 5.41) is 10.3. The van der Waals surface area contributed by atoms with Crippen LogP contribution in [0.4, 0.5) is 0 Å². The lowest BCUT2D eigenvalue weighted by Gasteiger charge is -2.34. The van der Waals surface area contributed by atoms with Crippen LogP contribution in [0.1, 0.15) is 22.3 Å². The SMILES string of the molecule is c1ccc(C2(c3ccc(-c4cc5c6cc7ccccc7cc6n6c7cc8ccccc8cc7c(c4)c56)cc3)c3ccccc3-c3ccccc32)cc1. The van der Waals surface area contributed by atoms with Crippen molar-refractivity contribution in [1.29, 1.82) is 0 Å². The number of hydrogen-bond acceptors (Lipinski definition) is 0. The predicted octanol–water partition coefficient (Wildman–Crippen LogP) is 13.2. The number of benzene rings is 9. The molecule has 1 aliphatic carbocycles. The Balaban J connectivity index is 1.12. The van der Waals surface area contributed by atoms with Crippen molar-refractivity contribution in [3.8, 4) is 22.3 Å². The molecule has 0 amide bonds. The average molecular weight is 658 g/mol. The van der Waals surface area contributed by atoms with Gasteiger partial charge < -0.3 is 4.40 Å². The molecule has 9 aromatic carbocycles. The van der Waals surface area contributed by atoms with Crippen molar-refractivity contribution in [2.45, 2.75) is 5.41 Å². The van der Waals surface area contributed by atoms with Crippen LogP contribution in [0, 0.1) is 0 Å². The number of hydrogen-bond donors (Lipinski definition) is 0. The van der Waals surface area contributed by atoms with Gasteiger partial charge in [-0.1, -0.05) is 152 Å². The summed E-state index contributed by atoms with van der Waals surface area (Å²) in [6.07, 6.45) is 0. The van der Waals surface area contributed by atoms with Crippen molar-refractivity contribution in [2.75, 3.05) is 0 Å². The van der Waals surface area contributed by atoms with Gasteiger partial charge >= 0.3 is 0 Å². The standard InChI is InChI=1S/C51H31N/c1-2-16-38(17-3-1)51(46-20-10-8-18-40(46)41-19-9-11-21-47(41)51)39-24-22-32(23-25-39)37-28-44-42-26-33-12-4-6-14-35(33)30-48(42)52-49-31-36-15-7-5-13-34(36)27-43(49)45(29-37)50(44)52/h1-31H. The molecule has 0 N–H and O–H groups in total. The Labute approximate surface area is 301 Å². The zero-order chi connectivity index (χ0) is 34.0. The van der Waals surface area contributed by atoms with Gasteiger partial charge in [-0.15, -0.1) is 0 Å². The number of aromatic nitrogens is 1. The second-order valence-corrected chi connectivity index (χ2v) is 14.5. The lowest BCUT2D eigenvalue weighted by atomic mass is 9.67. The Morgan fingerprint density at radius 3 is 1.31 bits per heavy atom. The average Bonchev–Trinajstić information content (AvgIpc) is 3.82. The van der Waals surface area contributed by atoms with Gasteiger partial charge in [-0.05, 0) is 102 Å². The lowest BCUT2D eigenvalue weighted by Crippen LogP contribution is -2.28. The minimum Gasteiger partial charge on any atom is -0.308 e. The van der Waals surface area contributed by atoms with Crippen molar-refractivity contribution in [1.82, 2.24) is 4.40 Å². The Hall–Kier alpha value is -6.70. The fourth-order valence-corrected chi connectivity index (χ4v) is 9.71. The molecule has 0 unspecified atom stereocenters. The van der Waals surface area contributed by atoms with Crippen molar-refractivity contribution in [3.63, 3.8) is 0 Å². The molecule has 52 heavy (non-hydrogen) atoms. The van der Waals surface area contributed by atoms with E-state index >= 15 is 0 Å². The molecule has 0 fully saturated rings. The first-order valence-electron chi connectivity index (χ1n) is 18.2. The molecule has 240 valence electrons. The molecule has 2 aromatic heterocycles. The molecule has 1 aliphatic rings. The highest BCUT2D eigenvalue weighted by Crippen LogP contribution is 2.56. The largest absolute Gasteiger partial charge is 0.308 e. The van der Waals surface area contributed by atoms with E-state index in [-0.39, 0.29) is 0 Å². The smallest absolute Gasteiger partial charge is 0.0713 e. The zero-order valence-corrected chi connectivity index (χ0v) is 28.3. The molecule has 11 aromatic rings. The molecule has 0 aliphatic heterocycles. The molecular formula is C51H31N. The van der Waals surface area contributed by atoms with Gasteiger partial charge in [0.15, 0.2) is 0 Å². The summed E-state index contributed by atoms with van der Waals surface area (Å²) in [7, 11) is 0. The second kappa shape index (κ2) is 10.2. The van der Waals surface area contributed by atoms with Crippen LogP contribution in [-0.4, -0.2) is 4.40 Å². The van der Waals surface area contributed by atoms with E-state index in [1.165, 1.54) is 104 Å². The quantitative estimate of drug-likeness (QED) is 0.178. The minimum atomic E-state index is -0.403. The zero-order valence-electron chi connectivity index (χ0n) is 28.3. The van der Waals surface area contributed by atoms with Crippen molar-refractivity contribution in [3.05, 3.63) is 210 Å². The molecule has 0 saturated heterocycles. The highest BCUT2D eigenvalue weighted by Gasteiger charge is 2.45. The van der Waals surface area contributed by atoms with Gasteiger partial charge in [0.25, 0.3) is 0 Å². The molecule has 1 heteroatoms. The van der Waals surface area contributed by atoms with E-state index in [1.54, 1.807) is 0 Å². The Morgan fingerprint density at radius 1 is 0.327 bits per heavy atom. The topological polar surface area (TPSA) is 4.41 Å². The molecule has 0 radical (unpaired) electrons. The first-order chi connectivity index (χ1) is 25.8. The molecule has 0 spiro atoms. The molecule has 0 atom stereocenters. The van der Waals surface area contributed by atoms with Crippen molar-refractivity contribution in [2.24, 2.45) is 0 Å². The first-order valence-corrected chi connectivity index (χ1v) is 18.2. The number of nitrogens with zero attached hydrogens (tertiary/aromatic N) is 1. The monoisotopic (exact) mass is 657 g/mol. The Bertz CT molecular complexity index is 3050. The normalized spacial score (nSPS) is 13.5. The summed E-state index contributed by atoms with van der Waals surface area (Å²) in [4.78, 5) is 0. The van der Waals surface area contributed by atoms with Gasteiger partial charge in [-0.2, -0.15) is 0 Å². The van der Waals surface area contributed by atoms with Gasteiger partial charge in [0.1, 0.15) is 0 Å². The second-order valence-electron chi connectivity index (χ2n) is 14.5. The summed E-state index contributed by atoms with van der Waals surface area (Å²) < 4.78 is 2.51. The fourth-order valence-electron chi connectivity index (χ4n) is 9.71. The van der Waals surface area contributed by atoms with Crippen LogP contribution in [0.25, 0.3) is 81.9 Å². The van der Waals surface area contributed by atoms with Crippen LogP contribution < -0.4 is 0 Å². The van der Waals surface area contributed by atoms with E-state index in [2.05, 4.69) is 192 Å². The highest BCUT2D eigenvalue weighted by molar-refractivity contribution is 6.27. The van der Waals surface area contributed by atoms with E-state index in [1.807, 2.05) is 0 Å². The number of rotatable bonds is 3. The number of fused-ring (bicyclic) bond motifs is 11. The van der Waals surface area contributed by atoms with E-state index in [4.69, 9.17) is 0 Å². The van der Waals surface area contributed by atoms with Crippen molar-refractivity contribution >= 4 is 59.6 Å². The van der Waals surface area contributed by atoms with Crippen LogP contribution in [-0.2, 0) is 5.41 Å². The molecular weight excluding hydrogens is 627 g/mol. The van der Waals surface area contributed by atoms with Gasteiger partial charge in [0.2, 0.25) is 0 Å². The predicted molar refractivity (Wildman–Crippen MR) is 219 cm³/mol. The van der Waals surface area contributed by atoms with Gasteiger partial charge in [-0.25, -0.2) is 0 Å². The summed E-state index contributed by atoms with van der Waals surface area (Å²) >= 11 is 0. The molecule has 12 rings (SSSR count). The van der Waals surface area contributed by atoms with Crippen LogP contribution in [0.2, 0.25) is 0 Å². The van der Waals surface area contributed by atoms with Crippen LogP contribution in [0.15, 0.2) is 188 Å². The lowest BCUT2D eigenvalue weighted by molar-refractivity contribution is 0.768. The van der Waals surface area contributed by atoms with E-state index < -0.39 is 5.41 Å². The molecule has 2 heterocycles. The van der Waals surface area contributed by atoms with Crippen LogP contribution in [0.5, 0.6) is 0 Å². The summed E-state index contributed by atoms with van der Waals surface area (Å²) in [6, 6.07) is 70.3. The van der Waals surface area contributed by atoms with Crippen molar-refractivity contribution < 1.29 is 0 Å². The van der Waals surface area contributed by atoms with Gasteiger partial charge in [0.05, 0.1) is 22.0 Å². The Morgan fingerprint density at radius 2 is 0.769 bits per heavy atom. The maximum Gasteiger partial charge on any atom is 0.0713 e. The van der Waals surface area contributed by atoms with Crippen LogP contribution in [0.3, 0.4) is 0 Å². The minimum absolute atomic E-state index is 0.403. The highest BCUT2D eigenvalue weighted by atomic mass is 14.9. The Kier molecular flexibility index (Phi) is 5.49. The third kappa shape index (κ3) is 3.57. The van der Waals surface area contributed by atoms with E-state index in [9.17, 15) is 0 Å². The van der Waals surface area contributed by atoms with Gasteiger partial charge in [-0.3, -0.25) is 0 Å².